The first-order valence-corrected chi connectivity index (χ1v) is 31.8. The number of unbranched alkanes of at least 4 members (excludes halogenated alkanes) is 37. The van der Waals surface area contributed by atoms with E-state index < -0.39 is 0 Å². The summed E-state index contributed by atoms with van der Waals surface area (Å²) in [6.45, 7) is 9.20. The van der Waals surface area contributed by atoms with Gasteiger partial charge in [-0.2, -0.15) is 0 Å². The van der Waals surface area contributed by atoms with Gasteiger partial charge in [0.15, 0.2) is 0 Å². The van der Waals surface area contributed by atoms with E-state index in [1.807, 2.05) is 0 Å². The molecule has 0 spiro atoms. The van der Waals surface area contributed by atoms with Crippen LogP contribution in [0.2, 0.25) is 0 Å². The monoisotopic (exact) mass is 1040 g/mol. The van der Waals surface area contributed by atoms with Gasteiger partial charge in [0.25, 0.3) is 0 Å². The van der Waals surface area contributed by atoms with Crippen LogP contribution in [-0.4, -0.2) is 11.4 Å². The number of para-hydroxylation sites is 2. The van der Waals surface area contributed by atoms with Crippen molar-refractivity contribution in [2.45, 2.75) is 323 Å². The molecule has 416 valence electrons. The van der Waals surface area contributed by atoms with Crippen LogP contribution in [0.15, 0.2) is 82.8 Å². The second kappa shape index (κ2) is 54.1. The third kappa shape index (κ3) is 41.2. The van der Waals surface area contributed by atoms with Crippen LogP contribution in [0.25, 0.3) is 0 Å². The maximum absolute atomic E-state index is 5.50. The van der Waals surface area contributed by atoms with Gasteiger partial charge in [0, 0.05) is 22.9 Å². The number of nitrogens with zero attached hydrogens (tertiary/aromatic N) is 2. The van der Waals surface area contributed by atoms with Gasteiger partial charge in [0.2, 0.25) is 0 Å². The first-order chi connectivity index (χ1) is 35.7. The minimum Gasteiger partial charge on any atom is -0.250 e. The average molecular weight is 1040 g/mol. The second-order valence-electron chi connectivity index (χ2n) is 21.7. The standard InChI is InChI=1S/C70H116N2.Ni/c1-5-9-13-16-19-22-25-28-31-32-33-34-37-40-43-46-49-52-64-70(72-68-63-56-54-60-66(68)58-51-48-45-42-39-36-30-27-24-21-18-15-11-7-3)69(61-12-8-4)71-67-62-55-53-59-65(67)57-50-47-44-41-38-35-29-26-23-20-17-14-10-6-2;/h41-42,44-45,53-56,59-60,62-63H,5-40,43,46-51,57-58,61H2,1-4H3;. The largest absolute Gasteiger partial charge is 0.250 e. The quantitative estimate of drug-likeness (QED) is 0.0207. The predicted octanol–water partition coefficient (Wildman–Crippen LogP) is 24.0. The zero-order valence-corrected chi connectivity index (χ0v) is 49.7. The van der Waals surface area contributed by atoms with Gasteiger partial charge in [-0.05, 0) is 113 Å². The van der Waals surface area contributed by atoms with Crippen molar-refractivity contribution in [3.05, 3.63) is 84.0 Å². The van der Waals surface area contributed by atoms with Crippen molar-refractivity contribution in [3.8, 4) is 11.8 Å². The molecular formula is C70H116N2Ni. The van der Waals surface area contributed by atoms with Gasteiger partial charge in [-0.1, -0.05) is 300 Å². The normalized spacial score (nSPS) is 12.0. The molecule has 0 saturated carbocycles. The molecule has 73 heavy (non-hydrogen) atoms. The van der Waals surface area contributed by atoms with Crippen LogP contribution in [-0.2, 0) is 29.3 Å². The van der Waals surface area contributed by atoms with E-state index in [0.717, 1.165) is 87.0 Å². The van der Waals surface area contributed by atoms with Crippen LogP contribution in [0.5, 0.6) is 0 Å². The number of hydrogen-bond acceptors (Lipinski definition) is 2. The topological polar surface area (TPSA) is 24.7 Å². The summed E-state index contributed by atoms with van der Waals surface area (Å²) in [6, 6.07) is 17.7. The molecule has 0 aliphatic carbocycles. The summed E-state index contributed by atoms with van der Waals surface area (Å²) in [6.07, 6.45) is 70.1. The summed E-state index contributed by atoms with van der Waals surface area (Å²) in [4.78, 5) is 11.0. The Morgan fingerprint density at radius 2 is 0.671 bits per heavy atom. The Balaban J connectivity index is 0.0000266. The molecule has 3 heteroatoms. The third-order valence-electron chi connectivity index (χ3n) is 14.8. The first kappa shape index (κ1) is 68.3. The molecule has 2 rings (SSSR count). The van der Waals surface area contributed by atoms with Gasteiger partial charge in [0.05, 0.1) is 17.1 Å². The maximum Gasteiger partial charge on any atom is 0.135 e. The van der Waals surface area contributed by atoms with Crippen LogP contribution in [0.3, 0.4) is 0 Å². The van der Waals surface area contributed by atoms with E-state index in [1.165, 1.54) is 242 Å². The van der Waals surface area contributed by atoms with E-state index in [2.05, 4.69) is 112 Å². The third-order valence-corrected chi connectivity index (χ3v) is 14.8. The molecule has 0 N–H and O–H groups in total. The SMILES string of the molecule is CCCCCCCCCCCC=CCCCc1ccccc1N=C(C#CCCCCCCCCCCCCCCCCCC)C(CCCC)=Nc1ccccc1CCCC=CCCCCCCCCCCC.[Ni]. The van der Waals surface area contributed by atoms with E-state index in [9.17, 15) is 0 Å². The van der Waals surface area contributed by atoms with E-state index >= 15 is 0 Å². The molecule has 0 aliphatic heterocycles. The zero-order valence-electron chi connectivity index (χ0n) is 48.7. The minimum absolute atomic E-state index is 0. The van der Waals surface area contributed by atoms with Gasteiger partial charge in [-0.3, -0.25) is 4.99 Å². The number of aliphatic imine (C=N–C) groups is 2. The van der Waals surface area contributed by atoms with Crippen LogP contribution in [0.4, 0.5) is 11.4 Å². The van der Waals surface area contributed by atoms with E-state index in [1.54, 1.807) is 0 Å². The molecule has 0 heterocycles. The van der Waals surface area contributed by atoms with Crippen molar-refractivity contribution in [3.63, 3.8) is 0 Å². The molecule has 2 aromatic carbocycles. The average Bonchev–Trinajstić information content (AvgIpc) is 3.40. The summed E-state index contributed by atoms with van der Waals surface area (Å²) in [7, 11) is 0. The van der Waals surface area contributed by atoms with Crippen LogP contribution < -0.4 is 0 Å². The van der Waals surface area contributed by atoms with Gasteiger partial charge < -0.3 is 0 Å². The van der Waals surface area contributed by atoms with Crippen molar-refractivity contribution in [2.24, 2.45) is 9.98 Å². The summed E-state index contributed by atoms with van der Waals surface area (Å²) >= 11 is 0. The molecule has 2 aromatic rings. The Labute approximate surface area is 465 Å². The van der Waals surface area contributed by atoms with Crippen molar-refractivity contribution < 1.29 is 16.5 Å². The Morgan fingerprint density at radius 1 is 0.356 bits per heavy atom. The van der Waals surface area contributed by atoms with Gasteiger partial charge in [-0.25, -0.2) is 4.99 Å². The molecule has 0 amide bonds. The Hall–Kier alpha value is -2.69. The summed E-state index contributed by atoms with van der Waals surface area (Å²) < 4.78 is 0. The van der Waals surface area contributed by atoms with E-state index in [4.69, 9.17) is 9.98 Å². The van der Waals surface area contributed by atoms with Crippen molar-refractivity contribution >= 4 is 22.8 Å². The Kier molecular flexibility index (Phi) is 50.7. The Bertz CT molecular complexity index is 1690. The van der Waals surface area contributed by atoms with Crippen molar-refractivity contribution in [1.29, 1.82) is 0 Å². The molecule has 0 bridgehead atoms. The molecule has 0 saturated heterocycles. The number of rotatable bonds is 50. The zero-order chi connectivity index (χ0) is 51.3. The summed E-state index contributed by atoms with van der Waals surface area (Å²) in [5.41, 5.74) is 6.75. The van der Waals surface area contributed by atoms with Crippen LogP contribution in [0, 0.1) is 11.8 Å². The smallest absolute Gasteiger partial charge is 0.135 e. The fourth-order valence-corrected chi connectivity index (χ4v) is 10.0. The van der Waals surface area contributed by atoms with Crippen LogP contribution >= 0.6 is 0 Å². The van der Waals surface area contributed by atoms with Crippen molar-refractivity contribution in [2.75, 3.05) is 0 Å². The molecule has 0 aliphatic rings. The van der Waals surface area contributed by atoms with Gasteiger partial charge in [0.1, 0.15) is 5.71 Å². The molecule has 0 radical (unpaired) electrons. The molecule has 0 atom stereocenters. The van der Waals surface area contributed by atoms with Crippen LogP contribution in [0.1, 0.15) is 321 Å². The predicted molar refractivity (Wildman–Crippen MR) is 326 cm³/mol. The minimum atomic E-state index is 0. The fraction of sp³-hybridized carbons (Fsp3) is 0.714. The van der Waals surface area contributed by atoms with Gasteiger partial charge >= 0.3 is 0 Å². The van der Waals surface area contributed by atoms with Gasteiger partial charge in [-0.15, -0.1) is 0 Å². The molecule has 2 nitrogen and oxygen atoms in total. The summed E-state index contributed by atoms with van der Waals surface area (Å²) in [5.74, 6) is 7.30. The Morgan fingerprint density at radius 3 is 1.05 bits per heavy atom. The fourth-order valence-electron chi connectivity index (χ4n) is 10.0. The maximum atomic E-state index is 5.50. The first-order valence-electron chi connectivity index (χ1n) is 31.8. The van der Waals surface area contributed by atoms with E-state index in [-0.39, 0.29) is 16.5 Å². The number of benzene rings is 2. The summed E-state index contributed by atoms with van der Waals surface area (Å²) in [5, 5.41) is 0. The van der Waals surface area contributed by atoms with E-state index in [0.29, 0.717) is 0 Å². The molecule has 0 fully saturated rings. The molecule has 0 aromatic heterocycles. The number of allylic oxidation sites excluding steroid dienone is 4. The second-order valence-corrected chi connectivity index (χ2v) is 21.7. The number of hydrogen-bond donors (Lipinski definition) is 0. The molecular weight excluding hydrogens is 927 g/mol. The number of aryl methyl sites for hydroxylation is 2. The van der Waals surface area contributed by atoms with Crippen molar-refractivity contribution in [1.82, 2.24) is 0 Å². The molecule has 0 unspecified atom stereocenters.